The molecule has 2 saturated carbocycles. The van der Waals surface area contributed by atoms with Gasteiger partial charge >= 0.3 is 6.01 Å². The largest absolute Gasteiger partial charge is 0.467 e. The van der Waals surface area contributed by atoms with Crippen LogP contribution in [0.1, 0.15) is 36.0 Å². The Hall–Kier alpha value is -2.70. The lowest BCUT2D eigenvalue weighted by atomic mass is 10.1. The second-order valence-corrected chi connectivity index (χ2v) is 6.21. The van der Waals surface area contributed by atoms with E-state index >= 15 is 0 Å². The number of methoxy groups -OCH3 is 1. The van der Waals surface area contributed by atoms with Crippen molar-refractivity contribution in [3.05, 3.63) is 29.8 Å². The molecule has 2 aliphatic carbocycles. The zero-order valence-electron chi connectivity index (χ0n) is 13.5. The van der Waals surface area contributed by atoms with Crippen LogP contribution in [0.3, 0.4) is 0 Å². The lowest BCUT2D eigenvalue weighted by Gasteiger charge is -2.08. The molecule has 2 N–H and O–H groups in total. The van der Waals surface area contributed by atoms with Crippen LogP contribution in [0.4, 0.5) is 5.95 Å². The molecule has 0 spiro atoms. The van der Waals surface area contributed by atoms with E-state index in [9.17, 15) is 4.79 Å². The van der Waals surface area contributed by atoms with E-state index in [-0.39, 0.29) is 11.9 Å². The molecule has 0 bridgehead atoms. The molecule has 1 amide bonds. The first-order valence-corrected chi connectivity index (χ1v) is 8.19. The summed E-state index contributed by atoms with van der Waals surface area (Å²) < 4.78 is 5.17. The van der Waals surface area contributed by atoms with Gasteiger partial charge in [0.25, 0.3) is 5.91 Å². The molecule has 124 valence electrons. The summed E-state index contributed by atoms with van der Waals surface area (Å²) >= 11 is 0. The van der Waals surface area contributed by atoms with Gasteiger partial charge in [0, 0.05) is 23.2 Å². The van der Waals surface area contributed by atoms with Crippen LogP contribution < -0.4 is 15.4 Å². The fourth-order valence-electron chi connectivity index (χ4n) is 2.32. The standard InChI is InChI=1S/C17H19N5O2/c1-24-17-21-14(20-16(22-17)19-13-8-9-13)10-2-4-11(5-3-10)15(23)18-12-6-7-12/h2-5,12-13H,6-9H2,1H3,(H,18,23)(H,19,20,21,22). The van der Waals surface area contributed by atoms with Crippen molar-refractivity contribution in [2.45, 2.75) is 37.8 Å². The molecule has 24 heavy (non-hydrogen) atoms. The molecule has 4 rings (SSSR count). The third-order valence-electron chi connectivity index (χ3n) is 4.03. The maximum absolute atomic E-state index is 12.0. The minimum Gasteiger partial charge on any atom is -0.467 e. The fourth-order valence-corrected chi connectivity index (χ4v) is 2.32. The Balaban J connectivity index is 1.56. The van der Waals surface area contributed by atoms with Crippen LogP contribution >= 0.6 is 0 Å². The Morgan fingerprint density at radius 1 is 1.04 bits per heavy atom. The number of amides is 1. The summed E-state index contributed by atoms with van der Waals surface area (Å²) in [5, 5.41) is 6.23. The van der Waals surface area contributed by atoms with Crippen LogP contribution in [-0.2, 0) is 0 Å². The van der Waals surface area contributed by atoms with Crippen molar-refractivity contribution in [2.75, 3.05) is 12.4 Å². The molecule has 7 heteroatoms. The highest BCUT2D eigenvalue weighted by molar-refractivity contribution is 5.94. The topological polar surface area (TPSA) is 89.0 Å². The van der Waals surface area contributed by atoms with Crippen molar-refractivity contribution in [2.24, 2.45) is 0 Å². The minimum absolute atomic E-state index is 0.0339. The first-order chi connectivity index (χ1) is 11.7. The summed E-state index contributed by atoms with van der Waals surface area (Å²) in [6.07, 6.45) is 4.42. The number of carbonyl (C=O) groups is 1. The number of nitrogens with zero attached hydrogens (tertiary/aromatic N) is 3. The quantitative estimate of drug-likeness (QED) is 0.844. The summed E-state index contributed by atoms with van der Waals surface area (Å²) in [4.78, 5) is 25.0. The van der Waals surface area contributed by atoms with Crippen LogP contribution in [0.2, 0.25) is 0 Å². The monoisotopic (exact) mass is 325 g/mol. The molecule has 0 radical (unpaired) electrons. The van der Waals surface area contributed by atoms with Crippen LogP contribution in [-0.4, -0.2) is 40.1 Å². The number of nitrogens with one attached hydrogen (secondary N) is 2. The van der Waals surface area contributed by atoms with Gasteiger partial charge in [-0.25, -0.2) is 0 Å². The molecule has 0 atom stereocenters. The first-order valence-electron chi connectivity index (χ1n) is 8.19. The molecule has 0 aliphatic heterocycles. The SMILES string of the molecule is COc1nc(NC2CC2)nc(-c2ccc(C(=O)NC3CC3)cc2)n1. The van der Waals surface area contributed by atoms with E-state index in [2.05, 4.69) is 25.6 Å². The van der Waals surface area contributed by atoms with Crippen LogP contribution in [0.5, 0.6) is 6.01 Å². The number of rotatable bonds is 6. The number of carbonyl (C=O) groups excluding carboxylic acids is 1. The van der Waals surface area contributed by atoms with Gasteiger partial charge in [-0.05, 0) is 37.8 Å². The molecule has 1 aromatic heterocycles. The van der Waals surface area contributed by atoms with E-state index in [4.69, 9.17) is 4.74 Å². The van der Waals surface area contributed by atoms with E-state index < -0.39 is 0 Å². The number of anilines is 1. The molecule has 0 saturated heterocycles. The van der Waals surface area contributed by atoms with Gasteiger partial charge in [-0.15, -0.1) is 0 Å². The number of benzene rings is 1. The highest BCUT2D eigenvalue weighted by Gasteiger charge is 2.24. The molecule has 1 aromatic carbocycles. The third kappa shape index (κ3) is 3.45. The predicted octanol–water partition coefficient (Wildman–Crippen LogP) is 2.01. The Morgan fingerprint density at radius 2 is 1.75 bits per heavy atom. The normalized spacial score (nSPS) is 16.5. The maximum Gasteiger partial charge on any atom is 0.321 e. The predicted molar refractivity (Wildman–Crippen MR) is 88.9 cm³/mol. The van der Waals surface area contributed by atoms with E-state index in [0.29, 0.717) is 29.4 Å². The average molecular weight is 325 g/mol. The zero-order valence-corrected chi connectivity index (χ0v) is 13.5. The Labute approximate surface area is 139 Å². The second kappa shape index (κ2) is 6.07. The van der Waals surface area contributed by atoms with E-state index in [0.717, 1.165) is 31.2 Å². The molecule has 2 aliphatic rings. The lowest BCUT2D eigenvalue weighted by molar-refractivity contribution is 0.0951. The van der Waals surface area contributed by atoms with Gasteiger partial charge in [-0.3, -0.25) is 4.79 Å². The third-order valence-corrected chi connectivity index (χ3v) is 4.03. The number of hydrogen-bond donors (Lipinski definition) is 2. The Morgan fingerprint density at radius 3 is 2.38 bits per heavy atom. The fraction of sp³-hybridized carbons (Fsp3) is 0.412. The summed E-state index contributed by atoms with van der Waals surface area (Å²) in [6, 6.07) is 8.34. The number of aromatic nitrogens is 3. The van der Waals surface area contributed by atoms with Crippen LogP contribution in [0, 0.1) is 0 Å². The Kier molecular flexibility index (Phi) is 3.76. The van der Waals surface area contributed by atoms with Gasteiger partial charge in [0.15, 0.2) is 5.82 Å². The lowest BCUT2D eigenvalue weighted by Crippen LogP contribution is -2.25. The van der Waals surface area contributed by atoms with E-state index in [1.807, 2.05) is 12.1 Å². The molecule has 7 nitrogen and oxygen atoms in total. The van der Waals surface area contributed by atoms with Crippen LogP contribution in [0.25, 0.3) is 11.4 Å². The molecule has 0 unspecified atom stereocenters. The Bertz CT molecular complexity index is 754. The van der Waals surface area contributed by atoms with Crippen molar-refractivity contribution < 1.29 is 9.53 Å². The average Bonchev–Trinajstić information content (AvgIpc) is 3.52. The highest BCUT2D eigenvalue weighted by atomic mass is 16.5. The summed E-state index contributed by atoms with van der Waals surface area (Å²) in [6.45, 7) is 0. The van der Waals surface area contributed by atoms with E-state index in [1.54, 1.807) is 12.1 Å². The van der Waals surface area contributed by atoms with Crippen LogP contribution in [0.15, 0.2) is 24.3 Å². The van der Waals surface area contributed by atoms with Crippen molar-refractivity contribution in [3.63, 3.8) is 0 Å². The second-order valence-electron chi connectivity index (χ2n) is 6.21. The van der Waals surface area contributed by atoms with Gasteiger partial charge in [0.05, 0.1) is 7.11 Å². The van der Waals surface area contributed by atoms with Crippen molar-refractivity contribution in [1.82, 2.24) is 20.3 Å². The van der Waals surface area contributed by atoms with Crippen molar-refractivity contribution in [3.8, 4) is 17.4 Å². The molecular formula is C17H19N5O2. The zero-order chi connectivity index (χ0) is 16.5. The van der Waals surface area contributed by atoms with Crippen molar-refractivity contribution >= 4 is 11.9 Å². The van der Waals surface area contributed by atoms with Gasteiger partial charge in [-0.2, -0.15) is 15.0 Å². The van der Waals surface area contributed by atoms with Gasteiger partial charge in [-0.1, -0.05) is 12.1 Å². The van der Waals surface area contributed by atoms with Gasteiger partial charge in [0.1, 0.15) is 0 Å². The molecular weight excluding hydrogens is 306 g/mol. The molecule has 2 aromatic rings. The summed E-state index contributed by atoms with van der Waals surface area (Å²) in [5.41, 5.74) is 1.46. The smallest absolute Gasteiger partial charge is 0.321 e. The molecule has 1 heterocycles. The summed E-state index contributed by atoms with van der Waals surface area (Å²) in [7, 11) is 1.53. The van der Waals surface area contributed by atoms with Crippen molar-refractivity contribution in [1.29, 1.82) is 0 Å². The number of hydrogen-bond acceptors (Lipinski definition) is 6. The van der Waals surface area contributed by atoms with Gasteiger partial charge < -0.3 is 15.4 Å². The van der Waals surface area contributed by atoms with Gasteiger partial charge in [0.2, 0.25) is 5.95 Å². The number of ether oxygens (including phenoxy) is 1. The maximum atomic E-state index is 12.0. The highest BCUT2D eigenvalue weighted by Crippen LogP contribution is 2.25. The summed E-state index contributed by atoms with van der Waals surface area (Å²) in [5.74, 6) is 1.02. The molecule has 2 fully saturated rings. The first kappa shape index (κ1) is 14.9. The van der Waals surface area contributed by atoms with E-state index in [1.165, 1.54) is 7.11 Å². The minimum atomic E-state index is -0.0339.